The van der Waals surface area contributed by atoms with Crippen LogP contribution < -0.4 is 5.32 Å². The SMILES string of the molecule is CCN(CC)CCCC(C)NCC(C)(CC)CO. The van der Waals surface area contributed by atoms with Crippen molar-refractivity contribution in [1.82, 2.24) is 10.2 Å². The summed E-state index contributed by atoms with van der Waals surface area (Å²) in [6.45, 7) is 15.6. The molecule has 0 amide bonds. The monoisotopic (exact) mass is 258 g/mol. The maximum atomic E-state index is 9.36. The van der Waals surface area contributed by atoms with Crippen molar-refractivity contribution in [3.05, 3.63) is 0 Å². The molecule has 2 N–H and O–H groups in total. The van der Waals surface area contributed by atoms with Crippen LogP contribution in [0.1, 0.15) is 53.9 Å². The van der Waals surface area contributed by atoms with Crippen LogP contribution in [0.4, 0.5) is 0 Å². The number of rotatable bonds is 11. The summed E-state index contributed by atoms with van der Waals surface area (Å²) in [6.07, 6.45) is 3.47. The summed E-state index contributed by atoms with van der Waals surface area (Å²) in [7, 11) is 0. The molecular formula is C15H34N2O. The fraction of sp³-hybridized carbons (Fsp3) is 1.00. The highest BCUT2D eigenvalue weighted by Crippen LogP contribution is 2.18. The van der Waals surface area contributed by atoms with Crippen molar-refractivity contribution in [2.45, 2.75) is 59.9 Å². The Bertz CT molecular complexity index is 189. The topological polar surface area (TPSA) is 35.5 Å². The molecule has 0 saturated carbocycles. The number of nitrogens with one attached hydrogen (secondary N) is 1. The first-order valence-corrected chi connectivity index (χ1v) is 7.57. The minimum atomic E-state index is 0.0349. The molecule has 3 heteroatoms. The van der Waals surface area contributed by atoms with Gasteiger partial charge in [0.2, 0.25) is 0 Å². The molecule has 0 aliphatic carbocycles. The first-order chi connectivity index (χ1) is 8.51. The molecule has 0 bridgehead atoms. The lowest BCUT2D eigenvalue weighted by Gasteiger charge is -2.28. The second-order valence-electron chi connectivity index (χ2n) is 5.77. The quantitative estimate of drug-likeness (QED) is 0.598. The molecule has 0 radical (unpaired) electrons. The molecule has 0 spiro atoms. The fourth-order valence-corrected chi connectivity index (χ4v) is 1.98. The number of aliphatic hydroxyl groups excluding tert-OH is 1. The lowest BCUT2D eigenvalue weighted by atomic mass is 9.88. The van der Waals surface area contributed by atoms with E-state index in [1.165, 1.54) is 19.4 Å². The minimum absolute atomic E-state index is 0.0349. The standard InChI is InChI=1S/C15H34N2O/c1-6-15(5,13-18)12-16-14(4)10-9-11-17(7-2)8-3/h14,16,18H,6-13H2,1-5H3. The Balaban J connectivity index is 3.74. The molecule has 2 atom stereocenters. The molecule has 0 aliphatic rings. The van der Waals surface area contributed by atoms with Crippen LogP contribution >= 0.6 is 0 Å². The van der Waals surface area contributed by atoms with E-state index in [9.17, 15) is 5.11 Å². The maximum Gasteiger partial charge on any atom is 0.0496 e. The van der Waals surface area contributed by atoms with Gasteiger partial charge in [0.1, 0.15) is 0 Å². The normalized spacial score (nSPS) is 16.8. The van der Waals surface area contributed by atoms with Gasteiger partial charge in [-0.3, -0.25) is 0 Å². The smallest absolute Gasteiger partial charge is 0.0496 e. The first-order valence-electron chi connectivity index (χ1n) is 7.57. The van der Waals surface area contributed by atoms with Gasteiger partial charge in [-0.15, -0.1) is 0 Å². The van der Waals surface area contributed by atoms with Gasteiger partial charge in [0.25, 0.3) is 0 Å². The van der Waals surface area contributed by atoms with E-state index >= 15 is 0 Å². The van der Waals surface area contributed by atoms with Crippen LogP contribution in [0.3, 0.4) is 0 Å². The highest BCUT2D eigenvalue weighted by Gasteiger charge is 2.21. The van der Waals surface area contributed by atoms with Gasteiger partial charge in [0.05, 0.1) is 0 Å². The largest absolute Gasteiger partial charge is 0.396 e. The Morgan fingerprint density at radius 2 is 1.83 bits per heavy atom. The Hall–Kier alpha value is -0.120. The highest BCUT2D eigenvalue weighted by molar-refractivity contribution is 4.76. The Kier molecular flexibility index (Phi) is 9.70. The summed E-state index contributed by atoms with van der Waals surface area (Å²) < 4.78 is 0. The van der Waals surface area contributed by atoms with Crippen LogP contribution in [0.15, 0.2) is 0 Å². The van der Waals surface area contributed by atoms with Crippen molar-refractivity contribution in [2.24, 2.45) is 5.41 Å². The third-order valence-electron chi connectivity index (χ3n) is 4.12. The first kappa shape index (κ1) is 17.9. The molecule has 0 saturated heterocycles. The second kappa shape index (κ2) is 9.76. The molecule has 0 aromatic heterocycles. The molecule has 0 rings (SSSR count). The van der Waals surface area contributed by atoms with Gasteiger partial charge < -0.3 is 15.3 Å². The molecule has 3 nitrogen and oxygen atoms in total. The molecule has 0 fully saturated rings. The van der Waals surface area contributed by atoms with Crippen molar-refractivity contribution in [2.75, 3.05) is 32.8 Å². The molecular weight excluding hydrogens is 224 g/mol. The zero-order valence-electron chi connectivity index (χ0n) is 13.1. The van der Waals surface area contributed by atoms with Gasteiger partial charge in [0.15, 0.2) is 0 Å². The average molecular weight is 258 g/mol. The third-order valence-corrected chi connectivity index (χ3v) is 4.12. The van der Waals surface area contributed by atoms with Crippen LogP contribution in [0, 0.1) is 5.41 Å². The predicted octanol–water partition coefficient (Wildman–Crippen LogP) is 2.50. The molecule has 0 aromatic carbocycles. The van der Waals surface area contributed by atoms with E-state index in [1.54, 1.807) is 0 Å². The van der Waals surface area contributed by atoms with Crippen molar-refractivity contribution in [3.8, 4) is 0 Å². The second-order valence-corrected chi connectivity index (χ2v) is 5.77. The Morgan fingerprint density at radius 3 is 2.28 bits per heavy atom. The summed E-state index contributed by atoms with van der Waals surface area (Å²) >= 11 is 0. The van der Waals surface area contributed by atoms with E-state index in [4.69, 9.17) is 0 Å². The van der Waals surface area contributed by atoms with E-state index in [2.05, 4.69) is 44.8 Å². The number of aliphatic hydroxyl groups is 1. The predicted molar refractivity (Wildman–Crippen MR) is 80.0 cm³/mol. The van der Waals surface area contributed by atoms with E-state index < -0.39 is 0 Å². The molecule has 2 unspecified atom stereocenters. The van der Waals surface area contributed by atoms with Gasteiger partial charge in [-0.25, -0.2) is 0 Å². The zero-order chi connectivity index (χ0) is 14.0. The number of hydrogen-bond acceptors (Lipinski definition) is 3. The molecule has 0 heterocycles. The van der Waals surface area contributed by atoms with Crippen LogP contribution in [0.2, 0.25) is 0 Å². The molecule has 0 aliphatic heterocycles. The molecule has 110 valence electrons. The van der Waals surface area contributed by atoms with Gasteiger partial charge in [-0.2, -0.15) is 0 Å². The number of hydrogen-bond donors (Lipinski definition) is 2. The summed E-state index contributed by atoms with van der Waals surface area (Å²) in [5, 5.41) is 12.9. The van der Waals surface area contributed by atoms with Crippen molar-refractivity contribution in [3.63, 3.8) is 0 Å². The third kappa shape index (κ3) is 7.34. The van der Waals surface area contributed by atoms with E-state index in [1.807, 2.05) is 0 Å². The zero-order valence-corrected chi connectivity index (χ0v) is 13.1. The lowest BCUT2D eigenvalue weighted by Crippen LogP contribution is -2.39. The molecule has 18 heavy (non-hydrogen) atoms. The van der Waals surface area contributed by atoms with Crippen LogP contribution in [-0.4, -0.2) is 48.8 Å². The summed E-state index contributed by atoms with van der Waals surface area (Å²) in [6, 6.07) is 0.540. The van der Waals surface area contributed by atoms with E-state index in [-0.39, 0.29) is 12.0 Å². The van der Waals surface area contributed by atoms with Crippen molar-refractivity contribution in [1.29, 1.82) is 0 Å². The average Bonchev–Trinajstić information content (AvgIpc) is 2.41. The lowest BCUT2D eigenvalue weighted by molar-refractivity contribution is 0.131. The van der Waals surface area contributed by atoms with Crippen molar-refractivity contribution >= 4 is 0 Å². The van der Waals surface area contributed by atoms with Gasteiger partial charge in [-0.1, -0.05) is 27.7 Å². The van der Waals surface area contributed by atoms with E-state index in [0.29, 0.717) is 6.04 Å². The van der Waals surface area contributed by atoms with E-state index in [0.717, 1.165) is 26.1 Å². The minimum Gasteiger partial charge on any atom is -0.396 e. The van der Waals surface area contributed by atoms with Gasteiger partial charge in [0, 0.05) is 24.6 Å². The van der Waals surface area contributed by atoms with Crippen LogP contribution in [0.25, 0.3) is 0 Å². The Morgan fingerprint density at radius 1 is 1.22 bits per heavy atom. The van der Waals surface area contributed by atoms with Crippen LogP contribution in [-0.2, 0) is 0 Å². The molecule has 0 aromatic rings. The van der Waals surface area contributed by atoms with Gasteiger partial charge >= 0.3 is 0 Å². The van der Waals surface area contributed by atoms with Gasteiger partial charge in [-0.05, 0) is 45.8 Å². The summed E-state index contributed by atoms with van der Waals surface area (Å²) in [5.41, 5.74) is 0.0349. The highest BCUT2D eigenvalue weighted by atomic mass is 16.3. The maximum absolute atomic E-state index is 9.36. The fourth-order valence-electron chi connectivity index (χ4n) is 1.98. The number of nitrogens with zero attached hydrogens (tertiary/aromatic N) is 1. The summed E-state index contributed by atoms with van der Waals surface area (Å²) in [5.74, 6) is 0. The Labute approximate surface area is 114 Å². The summed E-state index contributed by atoms with van der Waals surface area (Å²) in [4.78, 5) is 2.47. The van der Waals surface area contributed by atoms with Crippen LogP contribution in [0.5, 0.6) is 0 Å². The van der Waals surface area contributed by atoms with Crippen molar-refractivity contribution < 1.29 is 5.11 Å².